The molecule has 2 saturated heterocycles. The highest BCUT2D eigenvalue weighted by molar-refractivity contribution is 6.30. The van der Waals surface area contributed by atoms with Gasteiger partial charge in [-0.2, -0.15) is 0 Å². The molecule has 2 fully saturated rings. The minimum absolute atomic E-state index is 0.00586. The molecule has 2 atom stereocenters. The Morgan fingerprint density at radius 1 is 1.26 bits per heavy atom. The number of halogens is 1. The Morgan fingerprint density at radius 2 is 1.97 bits per heavy atom. The van der Waals surface area contributed by atoms with E-state index in [-0.39, 0.29) is 23.5 Å². The molecule has 0 unspecified atom stereocenters. The summed E-state index contributed by atoms with van der Waals surface area (Å²) in [6.45, 7) is 9.79. The van der Waals surface area contributed by atoms with E-state index >= 15 is 0 Å². The third kappa shape index (κ3) is 6.36. The van der Waals surface area contributed by atoms with Gasteiger partial charge in [0.25, 0.3) is 5.91 Å². The predicted octanol–water partition coefficient (Wildman–Crippen LogP) is 4.12. The molecule has 1 aromatic rings. The van der Waals surface area contributed by atoms with E-state index in [1.165, 1.54) is 0 Å². The number of amides is 2. The zero-order valence-corrected chi connectivity index (χ0v) is 19.8. The van der Waals surface area contributed by atoms with Crippen molar-refractivity contribution < 1.29 is 19.1 Å². The van der Waals surface area contributed by atoms with Gasteiger partial charge in [0.15, 0.2) is 6.10 Å². The van der Waals surface area contributed by atoms with Crippen molar-refractivity contribution in [3.63, 3.8) is 0 Å². The monoisotopic (exact) mass is 450 g/mol. The zero-order valence-electron chi connectivity index (χ0n) is 19.1. The molecule has 2 heterocycles. The molecule has 2 aliphatic heterocycles. The van der Waals surface area contributed by atoms with Crippen LogP contribution in [0.1, 0.15) is 58.4 Å². The Labute approximate surface area is 190 Å². The first kappa shape index (κ1) is 23.9. The molecule has 0 saturated carbocycles. The highest BCUT2D eigenvalue weighted by Gasteiger charge is 2.43. The lowest BCUT2D eigenvalue weighted by molar-refractivity contribution is -0.139. The predicted molar refractivity (Wildman–Crippen MR) is 121 cm³/mol. The largest absolute Gasteiger partial charge is 0.481 e. The lowest BCUT2D eigenvalue weighted by Crippen LogP contribution is -2.47. The van der Waals surface area contributed by atoms with Crippen molar-refractivity contribution in [2.24, 2.45) is 5.92 Å². The summed E-state index contributed by atoms with van der Waals surface area (Å²) in [4.78, 5) is 26.8. The van der Waals surface area contributed by atoms with Crippen LogP contribution < -0.4 is 10.1 Å². The molecule has 7 heteroatoms. The van der Waals surface area contributed by atoms with E-state index in [1.54, 1.807) is 19.1 Å². The first-order chi connectivity index (χ1) is 14.7. The number of hydrogen-bond donors (Lipinski definition) is 1. The Balaban J connectivity index is 1.42. The Kier molecular flexibility index (Phi) is 7.87. The summed E-state index contributed by atoms with van der Waals surface area (Å²) in [5.41, 5.74) is 0.749. The molecule has 6 nitrogen and oxygen atoms in total. The number of nitrogens with one attached hydrogen (secondary N) is 1. The van der Waals surface area contributed by atoms with Gasteiger partial charge in [-0.1, -0.05) is 25.4 Å². The van der Waals surface area contributed by atoms with Gasteiger partial charge in [-0.05, 0) is 69.2 Å². The maximum absolute atomic E-state index is 12.5. The Bertz CT molecular complexity index is 790. The van der Waals surface area contributed by atoms with E-state index < -0.39 is 6.10 Å². The van der Waals surface area contributed by atoms with Crippen LogP contribution in [-0.2, 0) is 14.3 Å². The molecular weight excluding hydrogens is 416 g/mol. The first-order valence-electron chi connectivity index (χ1n) is 11.3. The highest BCUT2D eigenvalue weighted by Crippen LogP contribution is 2.39. The molecule has 0 aromatic heterocycles. The fraction of sp³-hybridized carbons (Fsp3) is 0.667. The second-order valence-corrected chi connectivity index (χ2v) is 9.79. The number of hydrogen-bond acceptors (Lipinski definition) is 4. The average molecular weight is 451 g/mol. The van der Waals surface area contributed by atoms with Crippen LogP contribution in [0.15, 0.2) is 18.2 Å². The van der Waals surface area contributed by atoms with Gasteiger partial charge >= 0.3 is 0 Å². The van der Waals surface area contributed by atoms with Crippen molar-refractivity contribution >= 4 is 23.4 Å². The third-order valence-electron chi connectivity index (χ3n) is 6.26. The van der Waals surface area contributed by atoms with Crippen molar-refractivity contribution in [2.45, 2.75) is 77.6 Å². The number of rotatable bonds is 7. The molecule has 1 N–H and O–H groups in total. The molecule has 172 valence electrons. The second-order valence-electron chi connectivity index (χ2n) is 9.36. The fourth-order valence-electron chi connectivity index (χ4n) is 4.40. The zero-order chi connectivity index (χ0) is 22.6. The molecule has 0 aliphatic carbocycles. The van der Waals surface area contributed by atoms with Gasteiger partial charge in [0.1, 0.15) is 5.75 Å². The van der Waals surface area contributed by atoms with Crippen molar-refractivity contribution in [2.75, 3.05) is 19.6 Å². The van der Waals surface area contributed by atoms with E-state index in [9.17, 15) is 9.59 Å². The summed E-state index contributed by atoms with van der Waals surface area (Å²) >= 11 is 5.98. The SMILES string of the molecule is Cc1cc(Cl)ccc1O[C@@H](C)C(=O)NC[C@@H]1CCC2(CCN(C(=O)CC(C)C)CC2)O1. The van der Waals surface area contributed by atoms with Gasteiger partial charge in [0.2, 0.25) is 5.91 Å². The van der Waals surface area contributed by atoms with E-state index in [0.717, 1.165) is 44.3 Å². The van der Waals surface area contributed by atoms with E-state index in [1.807, 2.05) is 17.9 Å². The van der Waals surface area contributed by atoms with Crippen LogP contribution in [0.2, 0.25) is 5.02 Å². The molecule has 31 heavy (non-hydrogen) atoms. The minimum atomic E-state index is -0.606. The van der Waals surface area contributed by atoms with Crippen molar-refractivity contribution in [1.82, 2.24) is 10.2 Å². The summed E-state index contributed by atoms with van der Waals surface area (Å²) in [5.74, 6) is 1.13. The molecule has 3 rings (SSSR count). The number of ether oxygens (including phenoxy) is 2. The summed E-state index contributed by atoms with van der Waals surface area (Å²) in [6, 6.07) is 5.35. The Hall–Kier alpha value is -1.79. The maximum Gasteiger partial charge on any atom is 0.260 e. The number of nitrogens with zero attached hydrogens (tertiary/aromatic N) is 1. The molecule has 0 bridgehead atoms. The van der Waals surface area contributed by atoms with E-state index in [4.69, 9.17) is 21.1 Å². The minimum Gasteiger partial charge on any atom is -0.481 e. The summed E-state index contributed by atoms with van der Waals surface area (Å²) in [7, 11) is 0. The second kappa shape index (κ2) is 10.2. The summed E-state index contributed by atoms with van der Waals surface area (Å²) < 4.78 is 12.2. The summed E-state index contributed by atoms with van der Waals surface area (Å²) in [6.07, 6.45) is 3.66. The van der Waals surface area contributed by atoms with Gasteiger partial charge in [0.05, 0.1) is 11.7 Å². The number of carbonyl (C=O) groups excluding carboxylic acids is 2. The standard InChI is InChI=1S/C24H35ClN2O4/c1-16(2)13-22(28)27-11-9-24(10-12-27)8-7-20(31-24)15-26-23(29)18(4)30-21-6-5-19(25)14-17(21)3/h5-6,14,16,18,20H,7-13,15H2,1-4H3,(H,26,29)/t18-,20-/m0/s1. The van der Waals surface area contributed by atoms with Crippen LogP contribution in [0.25, 0.3) is 0 Å². The molecule has 0 radical (unpaired) electrons. The first-order valence-corrected chi connectivity index (χ1v) is 11.7. The number of benzene rings is 1. The number of likely N-dealkylation sites (tertiary alicyclic amines) is 1. The molecular formula is C24H35ClN2O4. The van der Waals surface area contributed by atoms with Crippen LogP contribution in [-0.4, -0.2) is 54.2 Å². The van der Waals surface area contributed by atoms with Crippen molar-refractivity contribution in [3.05, 3.63) is 28.8 Å². The maximum atomic E-state index is 12.5. The van der Waals surface area contributed by atoms with Gasteiger partial charge in [-0.15, -0.1) is 0 Å². The smallest absolute Gasteiger partial charge is 0.260 e. The van der Waals surface area contributed by atoms with Gasteiger partial charge in [-0.25, -0.2) is 0 Å². The lowest BCUT2D eigenvalue weighted by Gasteiger charge is -2.39. The van der Waals surface area contributed by atoms with Crippen LogP contribution in [0.4, 0.5) is 0 Å². The average Bonchev–Trinajstić information content (AvgIpc) is 3.10. The van der Waals surface area contributed by atoms with E-state index in [2.05, 4.69) is 19.2 Å². The van der Waals surface area contributed by atoms with Crippen molar-refractivity contribution in [1.29, 1.82) is 0 Å². The lowest BCUT2D eigenvalue weighted by atomic mass is 9.88. The van der Waals surface area contributed by atoms with E-state index in [0.29, 0.717) is 29.7 Å². The number of piperidine rings is 1. The molecule has 2 aliphatic rings. The summed E-state index contributed by atoms with van der Waals surface area (Å²) in [5, 5.41) is 3.61. The van der Waals surface area contributed by atoms with Crippen LogP contribution in [0, 0.1) is 12.8 Å². The molecule has 1 spiro atoms. The van der Waals surface area contributed by atoms with Crippen LogP contribution in [0.3, 0.4) is 0 Å². The molecule has 2 amide bonds. The van der Waals surface area contributed by atoms with Crippen molar-refractivity contribution in [3.8, 4) is 5.75 Å². The Morgan fingerprint density at radius 3 is 2.61 bits per heavy atom. The van der Waals surface area contributed by atoms with Gasteiger partial charge in [0, 0.05) is 31.1 Å². The van der Waals surface area contributed by atoms with Crippen LogP contribution in [0.5, 0.6) is 5.75 Å². The number of carbonyl (C=O) groups is 2. The number of aryl methyl sites for hydroxylation is 1. The van der Waals surface area contributed by atoms with Gasteiger partial charge < -0.3 is 19.7 Å². The molecule has 1 aromatic carbocycles. The normalized spacial score (nSPS) is 21.4. The van der Waals surface area contributed by atoms with Crippen LogP contribution >= 0.6 is 11.6 Å². The highest BCUT2D eigenvalue weighted by atomic mass is 35.5. The quantitative estimate of drug-likeness (QED) is 0.678. The fourth-order valence-corrected chi connectivity index (χ4v) is 4.62. The third-order valence-corrected chi connectivity index (χ3v) is 6.50. The van der Waals surface area contributed by atoms with Gasteiger partial charge in [-0.3, -0.25) is 9.59 Å². The topological polar surface area (TPSA) is 67.9 Å².